The quantitative estimate of drug-likeness (QED) is 0.476. The molecule has 9 heteroatoms. The number of carbonyl (C=O) groups excluding carboxylic acids is 1. The maximum absolute atomic E-state index is 11.9. The van der Waals surface area contributed by atoms with Crippen molar-refractivity contribution in [3.05, 3.63) is 33.9 Å². The number of ether oxygens (including phenoxy) is 2. The van der Waals surface area contributed by atoms with E-state index in [-0.39, 0.29) is 0 Å². The third-order valence-corrected chi connectivity index (χ3v) is 1.80. The van der Waals surface area contributed by atoms with Crippen LogP contribution in [0.2, 0.25) is 0 Å². The van der Waals surface area contributed by atoms with Crippen LogP contribution < -0.4 is 4.74 Å². The number of rotatable bonds is 3. The van der Waals surface area contributed by atoms with Crippen molar-refractivity contribution in [1.82, 2.24) is 0 Å². The van der Waals surface area contributed by atoms with Crippen LogP contribution in [0, 0.1) is 10.1 Å². The summed E-state index contributed by atoms with van der Waals surface area (Å²) in [4.78, 5) is 20.9. The first kappa shape index (κ1) is 13.7. The molecule has 0 N–H and O–H groups in total. The van der Waals surface area contributed by atoms with Gasteiger partial charge in [0.25, 0.3) is 5.69 Å². The molecular weight excluding hydrogens is 259 g/mol. The number of halogens is 3. The SMILES string of the molecule is COC(=O)c1cc(OC(F)(F)F)ccc1[N+](=O)[O-]. The predicted octanol–water partition coefficient (Wildman–Crippen LogP) is 2.28. The number of nitrogens with zero attached hydrogens (tertiary/aromatic N) is 1. The molecule has 1 aromatic rings. The zero-order valence-electron chi connectivity index (χ0n) is 8.85. The van der Waals surface area contributed by atoms with Crippen LogP contribution in [0.15, 0.2) is 18.2 Å². The summed E-state index contributed by atoms with van der Waals surface area (Å²) < 4.78 is 43.6. The second-order valence-corrected chi connectivity index (χ2v) is 2.98. The monoisotopic (exact) mass is 265 g/mol. The largest absolute Gasteiger partial charge is 0.573 e. The smallest absolute Gasteiger partial charge is 0.465 e. The third kappa shape index (κ3) is 3.34. The Morgan fingerprint density at radius 1 is 1.39 bits per heavy atom. The molecule has 0 aromatic heterocycles. The molecule has 0 fully saturated rings. The van der Waals surface area contributed by atoms with Crippen LogP contribution in [0.25, 0.3) is 0 Å². The van der Waals surface area contributed by atoms with E-state index < -0.39 is 34.3 Å². The lowest BCUT2D eigenvalue weighted by Gasteiger charge is -2.09. The van der Waals surface area contributed by atoms with Gasteiger partial charge in [-0.2, -0.15) is 0 Å². The van der Waals surface area contributed by atoms with E-state index in [4.69, 9.17) is 0 Å². The summed E-state index contributed by atoms with van der Waals surface area (Å²) in [6, 6.07) is 2.06. The first-order valence-electron chi connectivity index (χ1n) is 4.37. The zero-order chi connectivity index (χ0) is 13.9. The van der Waals surface area contributed by atoms with Gasteiger partial charge in [0.05, 0.1) is 12.0 Å². The second kappa shape index (κ2) is 4.90. The lowest BCUT2D eigenvalue weighted by Crippen LogP contribution is -2.17. The number of nitro groups is 1. The Labute approximate surface area is 98.1 Å². The van der Waals surface area contributed by atoms with Crippen LogP contribution in [0.5, 0.6) is 5.75 Å². The number of esters is 1. The molecule has 0 aliphatic carbocycles. The van der Waals surface area contributed by atoms with Gasteiger partial charge in [-0.3, -0.25) is 10.1 Å². The summed E-state index contributed by atoms with van der Waals surface area (Å²) in [7, 11) is 0.948. The molecule has 0 atom stereocenters. The van der Waals surface area contributed by atoms with Crippen molar-refractivity contribution in [2.75, 3.05) is 7.11 Å². The van der Waals surface area contributed by atoms with E-state index >= 15 is 0 Å². The predicted molar refractivity (Wildman–Crippen MR) is 51.1 cm³/mol. The van der Waals surface area contributed by atoms with Crippen molar-refractivity contribution in [2.45, 2.75) is 6.36 Å². The maximum atomic E-state index is 11.9. The number of benzene rings is 1. The Morgan fingerprint density at radius 2 is 2.00 bits per heavy atom. The van der Waals surface area contributed by atoms with E-state index in [0.717, 1.165) is 19.2 Å². The lowest BCUT2D eigenvalue weighted by atomic mass is 10.1. The fourth-order valence-electron chi connectivity index (χ4n) is 1.14. The average Bonchev–Trinajstić information content (AvgIpc) is 2.25. The van der Waals surface area contributed by atoms with E-state index in [1.165, 1.54) is 0 Å². The minimum Gasteiger partial charge on any atom is -0.465 e. The van der Waals surface area contributed by atoms with Gasteiger partial charge in [0.15, 0.2) is 0 Å². The summed E-state index contributed by atoms with van der Waals surface area (Å²) in [6.07, 6.45) is -4.95. The highest BCUT2D eigenvalue weighted by Crippen LogP contribution is 2.28. The van der Waals surface area contributed by atoms with Crippen molar-refractivity contribution in [3.8, 4) is 5.75 Å². The Hall–Kier alpha value is -2.32. The van der Waals surface area contributed by atoms with Crippen molar-refractivity contribution in [1.29, 1.82) is 0 Å². The molecule has 0 saturated carbocycles. The van der Waals surface area contributed by atoms with E-state index in [9.17, 15) is 28.1 Å². The van der Waals surface area contributed by atoms with E-state index in [1.54, 1.807) is 0 Å². The third-order valence-electron chi connectivity index (χ3n) is 1.80. The minimum atomic E-state index is -4.95. The lowest BCUT2D eigenvalue weighted by molar-refractivity contribution is -0.385. The Balaban J connectivity index is 3.21. The van der Waals surface area contributed by atoms with Crippen molar-refractivity contribution in [2.24, 2.45) is 0 Å². The molecule has 1 rings (SSSR count). The summed E-state index contributed by atoms with van der Waals surface area (Å²) in [6.45, 7) is 0. The summed E-state index contributed by atoms with van der Waals surface area (Å²) >= 11 is 0. The van der Waals surface area contributed by atoms with E-state index in [2.05, 4.69) is 9.47 Å². The van der Waals surface area contributed by atoms with Gasteiger partial charge in [0, 0.05) is 12.1 Å². The van der Waals surface area contributed by atoms with Gasteiger partial charge in [0.1, 0.15) is 11.3 Å². The van der Waals surface area contributed by atoms with Crippen LogP contribution >= 0.6 is 0 Å². The van der Waals surface area contributed by atoms with Crippen molar-refractivity contribution in [3.63, 3.8) is 0 Å². The van der Waals surface area contributed by atoms with Gasteiger partial charge < -0.3 is 9.47 Å². The van der Waals surface area contributed by atoms with E-state index in [1.807, 2.05) is 0 Å². The van der Waals surface area contributed by atoms with Crippen LogP contribution in [-0.4, -0.2) is 24.4 Å². The Bertz CT molecular complexity index is 486. The molecular formula is C9H6F3NO5. The molecule has 0 spiro atoms. The molecule has 18 heavy (non-hydrogen) atoms. The van der Waals surface area contributed by atoms with Crippen LogP contribution in [0.1, 0.15) is 10.4 Å². The van der Waals surface area contributed by atoms with Crippen molar-refractivity contribution < 1.29 is 32.4 Å². The number of hydrogen-bond acceptors (Lipinski definition) is 5. The first-order chi connectivity index (χ1) is 8.24. The number of alkyl halides is 3. The summed E-state index contributed by atoms with van der Waals surface area (Å²) in [5, 5.41) is 10.6. The van der Waals surface area contributed by atoms with Gasteiger partial charge in [-0.1, -0.05) is 0 Å². The molecule has 98 valence electrons. The molecule has 0 radical (unpaired) electrons. The molecule has 0 amide bonds. The summed E-state index contributed by atoms with van der Waals surface area (Å²) in [5.41, 5.74) is -1.29. The molecule has 0 aliphatic rings. The number of hydrogen-bond donors (Lipinski definition) is 0. The summed E-state index contributed by atoms with van der Waals surface area (Å²) in [5.74, 6) is -1.87. The van der Waals surface area contributed by atoms with Gasteiger partial charge in [-0.05, 0) is 6.07 Å². The van der Waals surface area contributed by atoms with Crippen LogP contribution in [-0.2, 0) is 4.74 Å². The average molecular weight is 265 g/mol. The molecule has 0 saturated heterocycles. The van der Waals surface area contributed by atoms with Crippen molar-refractivity contribution >= 4 is 11.7 Å². The second-order valence-electron chi connectivity index (χ2n) is 2.98. The molecule has 0 unspecified atom stereocenters. The molecule has 0 bridgehead atoms. The van der Waals surface area contributed by atoms with Gasteiger partial charge in [-0.15, -0.1) is 13.2 Å². The molecule has 1 aromatic carbocycles. The molecule has 0 aliphatic heterocycles. The number of methoxy groups -OCH3 is 1. The normalized spacial score (nSPS) is 10.9. The minimum absolute atomic E-state index is 0.595. The molecule has 0 heterocycles. The maximum Gasteiger partial charge on any atom is 0.573 e. The van der Waals surface area contributed by atoms with E-state index in [0.29, 0.717) is 6.07 Å². The fraction of sp³-hybridized carbons (Fsp3) is 0.222. The first-order valence-corrected chi connectivity index (χ1v) is 4.37. The van der Waals surface area contributed by atoms with Crippen LogP contribution in [0.4, 0.5) is 18.9 Å². The fourth-order valence-corrected chi connectivity index (χ4v) is 1.14. The van der Waals surface area contributed by atoms with Gasteiger partial charge in [-0.25, -0.2) is 4.79 Å². The standard InChI is InChI=1S/C9H6F3NO5/c1-17-8(14)6-4-5(18-9(10,11)12)2-3-7(6)13(15)16/h2-4H,1H3. The zero-order valence-corrected chi connectivity index (χ0v) is 8.85. The van der Waals surface area contributed by atoms with Crippen LogP contribution in [0.3, 0.4) is 0 Å². The molecule has 6 nitrogen and oxygen atoms in total. The Kier molecular flexibility index (Phi) is 3.74. The number of carbonyl (C=O) groups is 1. The topological polar surface area (TPSA) is 78.7 Å². The highest BCUT2D eigenvalue weighted by molar-refractivity contribution is 5.94. The highest BCUT2D eigenvalue weighted by atomic mass is 19.4. The Morgan fingerprint density at radius 3 is 2.44 bits per heavy atom. The van der Waals surface area contributed by atoms with Gasteiger partial charge in [0.2, 0.25) is 0 Å². The highest BCUT2D eigenvalue weighted by Gasteiger charge is 2.32. The number of nitro benzene ring substituents is 1. The van der Waals surface area contributed by atoms with Gasteiger partial charge >= 0.3 is 12.3 Å².